The van der Waals surface area contributed by atoms with Gasteiger partial charge in [0.15, 0.2) is 0 Å². The van der Waals surface area contributed by atoms with Crippen molar-refractivity contribution in [3.05, 3.63) is 53.5 Å². The van der Waals surface area contributed by atoms with Crippen LogP contribution < -0.4 is 5.43 Å². The molecular formula is C15H13N3S2. The monoisotopic (exact) mass is 299 g/mol. The number of benzene rings is 2. The molecule has 0 unspecified atom stereocenters. The minimum absolute atomic E-state index is 0.902. The molecule has 0 spiro atoms. The highest BCUT2D eigenvalue weighted by atomic mass is 32.2. The maximum atomic E-state index is 4.50. The molecule has 0 aliphatic heterocycles. The van der Waals surface area contributed by atoms with Gasteiger partial charge in [-0.25, -0.2) is 4.98 Å². The van der Waals surface area contributed by atoms with E-state index in [-0.39, 0.29) is 0 Å². The molecule has 1 heterocycles. The van der Waals surface area contributed by atoms with Crippen LogP contribution in [0.4, 0.5) is 5.69 Å². The summed E-state index contributed by atoms with van der Waals surface area (Å²) in [5.74, 6) is 0. The standard InChI is InChI=1S/C15H13N3S2/c1-19-12-8-6-11(7-9-12)18-16-10-15-17-13-4-2-3-5-14(13)20-15/h2-10,18H,1H3/b16-10-. The third kappa shape index (κ3) is 3.00. The molecule has 0 radical (unpaired) electrons. The second kappa shape index (κ2) is 6.07. The van der Waals surface area contributed by atoms with E-state index in [9.17, 15) is 0 Å². The summed E-state index contributed by atoms with van der Waals surface area (Å²) in [7, 11) is 0. The molecule has 0 atom stereocenters. The molecule has 0 aliphatic carbocycles. The lowest BCUT2D eigenvalue weighted by Crippen LogP contribution is -1.89. The molecule has 100 valence electrons. The molecule has 20 heavy (non-hydrogen) atoms. The van der Waals surface area contributed by atoms with Crippen LogP contribution >= 0.6 is 23.1 Å². The molecule has 0 aliphatic rings. The van der Waals surface area contributed by atoms with E-state index in [1.165, 1.54) is 9.60 Å². The summed E-state index contributed by atoms with van der Waals surface area (Å²) in [6.07, 6.45) is 3.82. The van der Waals surface area contributed by atoms with E-state index < -0.39 is 0 Å². The minimum Gasteiger partial charge on any atom is -0.278 e. The summed E-state index contributed by atoms with van der Waals surface area (Å²) in [4.78, 5) is 5.74. The summed E-state index contributed by atoms with van der Waals surface area (Å²) < 4.78 is 1.18. The lowest BCUT2D eigenvalue weighted by Gasteiger charge is -2.00. The molecule has 3 rings (SSSR count). The highest BCUT2D eigenvalue weighted by Crippen LogP contribution is 2.20. The number of hydrazone groups is 1. The van der Waals surface area contributed by atoms with Crippen LogP contribution in [0.3, 0.4) is 0 Å². The Hall–Kier alpha value is -1.85. The predicted molar refractivity (Wildman–Crippen MR) is 89.1 cm³/mol. The average molecular weight is 299 g/mol. The first-order chi connectivity index (χ1) is 9.85. The Morgan fingerprint density at radius 3 is 2.70 bits per heavy atom. The summed E-state index contributed by atoms with van der Waals surface area (Å²) in [5, 5.41) is 5.13. The number of hydrogen-bond acceptors (Lipinski definition) is 5. The second-order valence-electron chi connectivity index (χ2n) is 4.12. The zero-order valence-electron chi connectivity index (χ0n) is 10.9. The Bertz CT molecular complexity index is 699. The Morgan fingerprint density at radius 1 is 1.15 bits per heavy atom. The number of fused-ring (bicyclic) bond motifs is 1. The number of hydrogen-bond donors (Lipinski definition) is 1. The molecule has 1 aromatic heterocycles. The van der Waals surface area contributed by atoms with E-state index >= 15 is 0 Å². The first kappa shape index (κ1) is 13.1. The number of rotatable bonds is 4. The molecule has 0 saturated carbocycles. The molecule has 0 fully saturated rings. The molecule has 0 bridgehead atoms. The number of anilines is 1. The van der Waals surface area contributed by atoms with Crippen molar-refractivity contribution in [2.75, 3.05) is 11.7 Å². The van der Waals surface area contributed by atoms with Crippen LogP contribution in [0.1, 0.15) is 5.01 Å². The van der Waals surface area contributed by atoms with Gasteiger partial charge in [-0.3, -0.25) is 5.43 Å². The van der Waals surface area contributed by atoms with Gasteiger partial charge in [0.25, 0.3) is 0 Å². The highest BCUT2D eigenvalue weighted by Gasteiger charge is 1.99. The number of nitrogens with one attached hydrogen (secondary N) is 1. The molecule has 2 aromatic carbocycles. The van der Waals surface area contributed by atoms with Crippen molar-refractivity contribution in [3.8, 4) is 0 Å². The third-order valence-electron chi connectivity index (χ3n) is 2.77. The molecule has 3 nitrogen and oxygen atoms in total. The molecule has 0 amide bonds. The van der Waals surface area contributed by atoms with Crippen LogP contribution in [0.15, 0.2) is 58.5 Å². The zero-order valence-corrected chi connectivity index (χ0v) is 12.5. The van der Waals surface area contributed by atoms with Crippen LogP contribution in [-0.2, 0) is 0 Å². The van der Waals surface area contributed by atoms with E-state index in [0.717, 1.165) is 16.2 Å². The summed E-state index contributed by atoms with van der Waals surface area (Å²) in [6, 6.07) is 16.3. The number of thiazole rings is 1. The van der Waals surface area contributed by atoms with Crippen molar-refractivity contribution in [2.24, 2.45) is 5.10 Å². The summed E-state index contributed by atoms with van der Waals surface area (Å²) >= 11 is 3.36. The normalized spacial score (nSPS) is 11.2. The Morgan fingerprint density at radius 2 is 1.95 bits per heavy atom. The largest absolute Gasteiger partial charge is 0.278 e. The first-order valence-electron chi connectivity index (χ1n) is 6.14. The molecule has 1 N–H and O–H groups in total. The Labute approximate surface area is 125 Å². The molecule has 3 aromatic rings. The van der Waals surface area contributed by atoms with Gasteiger partial charge in [0, 0.05) is 4.90 Å². The van der Waals surface area contributed by atoms with E-state index in [0.29, 0.717) is 0 Å². The van der Waals surface area contributed by atoms with Gasteiger partial charge in [-0.05, 0) is 42.7 Å². The Balaban J connectivity index is 1.70. The van der Waals surface area contributed by atoms with Crippen molar-refractivity contribution in [1.82, 2.24) is 4.98 Å². The maximum Gasteiger partial charge on any atom is 0.137 e. The lowest BCUT2D eigenvalue weighted by molar-refractivity contribution is 1.32. The van der Waals surface area contributed by atoms with Gasteiger partial charge in [0.1, 0.15) is 5.01 Å². The number of para-hydroxylation sites is 1. The van der Waals surface area contributed by atoms with Gasteiger partial charge in [-0.15, -0.1) is 23.1 Å². The van der Waals surface area contributed by atoms with Crippen molar-refractivity contribution < 1.29 is 0 Å². The van der Waals surface area contributed by atoms with Gasteiger partial charge >= 0.3 is 0 Å². The summed E-state index contributed by atoms with van der Waals surface area (Å²) in [6.45, 7) is 0. The smallest absolute Gasteiger partial charge is 0.137 e. The van der Waals surface area contributed by atoms with Crippen molar-refractivity contribution >= 4 is 45.2 Å². The van der Waals surface area contributed by atoms with Crippen molar-refractivity contribution in [1.29, 1.82) is 0 Å². The first-order valence-corrected chi connectivity index (χ1v) is 8.18. The van der Waals surface area contributed by atoms with Crippen LogP contribution in [-0.4, -0.2) is 17.5 Å². The second-order valence-corrected chi connectivity index (χ2v) is 6.06. The van der Waals surface area contributed by atoms with E-state index in [1.807, 2.05) is 30.3 Å². The van der Waals surface area contributed by atoms with Crippen molar-refractivity contribution in [3.63, 3.8) is 0 Å². The van der Waals surface area contributed by atoms with Gasteiger partial charge < -0.3 is 0 Å². The lowest BCUT2D eigenvalue weighted by atomic mass is 10.3. The quantitative estimate of drug-likeness (QED) is 0.439. The Kier molecular flexibility index (Phi) is 3.99. The predicted octanol–water partition coefficient (Wildman–Crippen LogP) is 4.46. The molecule has 5 heteroatoms. The van der Waals surface area contributed by atoms with Crippen molar-refractivity contribution in [2.45, 2.75) is 4.90 Å². The van der Waals surface area contributed by atoms with Crippen LogP contribution in [0.25, 0.3) is 10.2 Å². The zero-order chi connectivity index (χ0) is 13.8. The van der Waals surface area contributed by atoms with Crippen LogP contribution in [0, 0.1) is 0 Å². The fourth-order valence-electron chi connectivity index (χ4n) is 1.77. The van der Waals surface area contributed by atoms with Gasteiger partial charge in [-0.1, -0.05) is 12.1 Å². The average Bonchev–Trinajstić information content (AvgIpc) is 2.90. The minimum atomic E-state index is 0.902. The highest BCUT2D eigenvalue weighted by molar-refractivity contribution is 7.98. The number of thioether (sulfide) groups is 1. The number of aromatic nitrogens is 1. The molecular weight excluding hydrogens is 286 g/mol. The topological polar surface area (TPSA) is 37.3 Å². The van der Waals surface area contributed by atoms with E-state index in [1.54, 1.807) is 29.3 Å². The SMILES string of the molecule is CSc1ccc(N/N=C\c2nc3ccccc3s2)cc1. The van der Waals surface area contributed by atoms with Gasteiger partial charge in [-0.2, -0.15) is 5.10 Å². The fourth-order valence-corrected chi connectivity index (χ4v) is 3.02. The molecule has 0 saturated heterocycles. The fraction of sp³-hybridized carbons (Fsp3) is 0.0667. The van der Waals surface area contributed by atoms with Crippen LogP contribution in [0.5, 0.6) is 0 Å². The van der Waals surface area contributed by atoms with E-state index in [4.69, 9.17) is 0 Å². The summed E-state index contributed by atoms with van der Waals surface area (Å²) in [5.41, 5.74) is 5.00. The number of nitrogens with zero attached hydrogens (tertiary/aromatic N) is 2. The third-order valence-corrected chi connectivity index (χ3v) is 4.48. The van der Waals surface area contributed by atoms with Crippen LogP contribution in [0.2, 0.25) is 0 Å². The van der Waals surface area contributed by atoms with Gasteiger partial charge in [0.2, 0.25) is 0 Å². The maximum absolute atomic E-state index is 4.50. The van der Waals surface area contributed by atoms with E-state index in [2.05, 4.69) is 40.0 Å². The van der Waals surface area contributed by atoms with Gasteiger partial charge in [0.05, 0.1) is 22.1 Å².